The molecular formula is C34H34F3N7O4. The molecule has 1 atom stereocenters. The minimum Gasteiger partial charge on any atom is -0.497 e. The Hall–Kier alpha value is -5.44. The van der Waals surface area contributed by atoms with E-state index in [1.165, 1.54) is 12.1 Å². The first-order chi connectivity index (χ1) is 22.9. The lowest BCUT2D eigenvalue weighted by Crippen LogP contribution is -2.45. The fraction of sp³-hybridized carbons (Fsp3) is 0.206. The molecule has 0 radical (unpaired) electrons. The van der Waals surface area contributed by atoms with Crippen molar-refractivity contribution in [1.82, 2.24) is 14.9 Å². The normalized spacial score (nSPS) is 12.2. The zero-order valence-electron chi connectivity index (χ0n) is 25.8. The first-order valence-corrected chi connectivity index (χ1v) is 14.9. The van der Waals surface area contributed by atoms with Crippen molar-refractivity contribution >= 4 is 28.5 Å². The van der Waals surface area contributed by atoms with Crippen molar-refractivity contribution in [3.63, 3.8) is 0 Å². The Morgan fingerprint density at radius 2 is 1.62 bits per heavy atom. The van der Waals surface area contributed by atoms with Crippen molar-refractivity contribution in [3.8, 4) is 28.6 Å². The lowest BCUT2D eigenvalue weighted by atomic mass is 10.1. The van der Waals surface area contributed by atoms with Gasteiger partial charge in [0.05, 0.1) is 23.7 Å². The molecule has 0 bridgehead atoms. The molecule has 2 amide bonds. The largest absolute Gasteiger partial charge is 0.497 e. The summed E-state index contributed by atoms with van der Waals surface area (Å²) in [5.41, 5.74) is 18.6. The molecule has 0 aliphatic carbocycles. The molecule has 5 rings (SSSR count). The van der Waals surface area contributed by atoms with Gasteiger partial charge in [0, 0.05) is 16.8 Å². The number of imidazole rings is 1. The molecule has 4 aromatic carbocycles. The Balaban J connectivity index is 1.53. The second-order valence-electron chi connectivity index (χ2n) is 10.9. The maximum Gasteiger partial charge on any atom is 0.416 e. The average molecular weight is 662 g/mol. The average Bonchev–Trinajstić information content (AvgIpc) is 3.43. The number of hydrogen-bond donors (Lipinski definition) is 5. The number of amides is 2. The molecule has 0 unspecified atom stereocenters. The van der Waals surface area contributed by atoms with Gasteiger partial charge in [0.15, 0.2) is 0 Å². The number of hydrogen-bond acceptors (Lipinski definition) is 8. The molecule has 0 fully saturated rings. The number of primary amides is 1. The third kappa shape index (κ3) is 8.09. The van der Waals surface area contributed by atoms with Gasteiger partial charge in [-0.3, -0.25) is 14.9 Å². The molecule has 0 saturated heterocycles. The van der Waals surface area contributed by atoms with Crippen LogP contribution in [0.4, 0.5) is 18.9 Å². The van der Waals surface area contributed by atoms with Gasteiger partial charge in [-0.2, -0.15) is 13.2 Å². The first-order valence-electron chi connectivity index (χ1n) is 14.9. The van der Waals surface area contributed by atoms with Crippen molar-refractivity contribution in [1.29, 1.82) is 0 Å². The predicted octanol–water partition coefficient (Wildman–Crippen LogP) is 5.37. The number of carbonyl (C=O) groups excluding carboxylic acids is 2. The zero-order valence-corrected chi connectivity index (χ0v) is 25.8. The minimum absolute atomic E-state index is 0.0105. The lowest BCUT2D eigenvalue weighted by Gasteiger charge is -2.20. The van der Waals surface area contributed by atoms with Crippen LogP contribution in [0.1, 0.15) is 34.8 Å². The van der Waals surface area contributed by atoms with E-state index in [9.17, 15) is 22.8 Å². The van der Waals surface area contributed by atoms with Crippen LogP contribution in [0.25, 0.3) is 22.4 Å². The number of carbonyl (C=O) groups is 2. The van der Waals surface area contributed by atoms with E-state index in [1.807, 2.05) is 0 Å². The fourth-order valence-corrected chi connectivity index (χ4v) is 5.17. The number of alkyl halides is 3. The maximum atomic E-state index is 13.3. The highest BCUT2D eigenvalue weighted by Gasteiger charge is 2.31. The van der Waals surface area contributed by atoms with E-state index < -0.39 is 30.0 Å². The third-order valence-corrected chi connectivity index (χ3v) is 7.46. The summed E-state index contributed by atoms with van der Waals surface area (Å²) in [6.45, 7) is 0.416. The van der Waals surface area contributed by atoms with E-state index in [1.54, 1.807) is 78.4 Å². The van der Waals surface area contributed by atoms with Crippen molar-refractivity contribution in [3.05, 3.63) is 102 Å². The number of fused-ring (bicyclic) bond motifs is 1. The lowest BCUT2D eigenvalue weighted by molar-refractivity contribution is -0.137. The third-order valence-electron chi connectivity index (χ3n) is 7.46. The van der Waals surface area contributed by atoms with Gasteiger partial charge in [-0.1, -0.05) is 18.2 Å². The highest BCUT2D eigenvalue weighted by molar-refractivity contribution is 6.06. The van der Waals surface area contributed by atoms with E-state index in [0.717, 1.165) is 12.1 Å². The molecule has 250 valence electrons. The highest BCUT2D eigenvalue weighted by Crippen LogP contribution is 2.35. The van der Waals surface area contributed by atoms with Gasteiger partial charge in [-0.05, 0) is 92.2 Å². The summed E-state index contributed by atoms with van der Waals surface area (Å²) in [6.07, 6.45) is -4.49. The zero-order chi connectivity index (χ0) is 34.4. The van der Waals surface area contributed by atoms with Crippen LogP contribution >= 0.6 is 0 Å². The number of halogens is 3. The summed E-state index contributed by atoms with van der Waals surface area (Å²) in [5, 5.41) is 5.74. The Morgan fingerprint density at radius 3 is 2.29 bits per heavy atom. The summed E-state index contributed by atoms with van der Waals surface area (Å²) in [6, 6.07) is 22.0. The van der Waals surface area contributed by atoms with Crippen molar-refractivity contribution < 1.29 is 32.2 Å². The van der Waals surface area contributed by atoms with Crippen LogP contribution in [-0.2, 0) is 11.0 Å². The standard InChI is InChI=1S/C34H34F3N7O4/c1-47-24-13-11-23(12-14-24)42-32(46)21-10-15-28-27(18-21)43-31(44(28)29(30(38)45)9-4-16-41-33(39)40)20-5-2-7-25(17-20)48-26-8-3-6-22(19-26)34(35,36)37/h2-3,5-8,10-15,17-19,29,33,41H,4,9,16,39-40H2,1H3,(H2,38,45)(H,42,46)/t29-/m0/s1. The van der Waals surface area contributed by atoms with Gasteiger partial charge in [0.2, 0.25) is 5.91 Å². The van der Waals surface area contributed by atoms with Gasteiger partial charge in [-0.15, -0.1) is 0 Å². The number of benzene rings is 4. The van der Waals surface area contributed by atoms with Crippen LogP contribution in [-0.4, -0.2) is 41.3 Å². The van der Waals surface area contributed by atoms with Gasteiger partial charge >= 0.3 is 6.18 Å². The van der Waals surface area contributed by atoms with E-state index in [2.05, 4.69) is 10.6 Å². The van der Waals surface area contributed by atoms with Crippen molar-refractivity contribution in [2.75, 3.05) is 19.0 Å². The molecule has 0 saturated carbocycles. The van der Waals surface area contributed by atoms with Crippen LogP contribution in [0, 0.1) is 0 Å². The fourth-order valence-electron chi connectivity index (χ4n) is 5.17. The number of anilines is 1. The number of aromatic nitrogens is 2. The minimum atomic E-state index is -4.54. The number of nitrogens with zero attached hydrogens (tertiary/aromatic N) is 2. The predicted molar refractivity (Wildman–Crippen MR) is 175 cm³/mol. The SMILES string of the molecule is COc1ccc(NC(=O)c2ccc3c(c2)nc(-c2cccc(Oc4cccc(C(F)(F)F)c4)c2)n3[C@@H](CCCNC(N)N)C(N)=O)cc1. The molecule has 14 heteroatoms. The molecule has 0 aliphatic heterocycles. The van der Waals surface area contributed by atoms with Crippen molar-refractivity contribution in [2.24, 2.45) is 17.2 Å². The maximum absolute atomic E-state index is 13.3. The number of methoxy groups -OCH3 is 1. The second-order valence-corrected chi connectivity index (χ2v) is 10.9. The van der Waals surface area contributed by atoms with Crippen LogP contribution in [0.3, 0.4) is 0 Å². The second kappa shape index (κ2) is 14.5. The van der Waals surface area contributed by atoms with Gasteiger partial charge in [0.25, 0.3) is 5.91 Å². The summed E-state index contributed by atoms with van der Waals surface area (Å²) >= 11 is 0. The quantitative estimate of drug-likeness (QED) is 0.0827. The molecule has 48 heavy (non-hydrogen) atoms. The van der Waals surface area contributed by atoms with Gasteiger partial charge in [0.1, 0.15) is 35.4 Å². The monoisotopic (exact) mass is 661 g/mol. The van der Waals surface area contributed by atoms with Gasteiger partial charge in [-0.25, -0.2) is 4.98 Å². The molecule has 11 nitrogen and oxygen atoms in total. The Kier molecular flexibility index (Phi) is 10.3. The molecule has 0 spiro atoms. The van der Waals surface area contributed by atoms with E-state index >= 15 is 0 Å². The summed E-state index contributed by atoms with van der Waals surface area (Å²) in [5.74, 6) is 0.197. The van der Waals surface area contributed by atoms with Crippen LogP contribution < -0.4 is 37.3 Å². The number of nitrogens with one attached hydrogen (secondary N) is 2. The first kappa shape index (κ1) is 33.9. The summed E-state index contributed by atoms with van der Waals surface area (Å²) in [7, 11) is 1.55. The van der Waals surface area contributed by atoms with Crippen molar-refractivity contribution in [2.45, 2.75) is 31.3 Å². The molecule has 8 N–H and O–H groups in total. The molecule has 5 aromatic rings. The molecule has 1 heterocycles. The summed E-state index contributed by atoms with van der Waals surface area (Å²) in [4.78, 5) is 30.9. The Morgan fingerprint density at radius 1 is 0.917 bits per heavy atom. The smallest absolute Gasteiger partial charge is 0.416 e. The van der Waals surface area contributed by atoms with Crippen LogP contribution in [0.15, 0.2) is 91.0 Å². The topological polar surface area (TPSA) is 173 Å². The highest BCUT2D eigenvalue weighted by atomic mass is 19.4. The number of rotatable bonds is 13. The van der Waals surface area contributed by atoms with E-state index in [0.29, 0.717) is 58.8 Å². The molecular weight excluding hydrogens is 627 g/mol. The number of ether oxygens (including phenoxy) is 2. The molecule has 1 aromatic heterocycles. The number of nitrogens with two attached hydrogens (primary N) is 3. The van der Waals surface area contributed by atoms with Crippen LogP contribution in [0.2, 0.25) is 0 Å². The van der Waals surface area contributed by atoms with Gasteiger partial charge < -0.3 is 36.6 Å². The van der Waals surface area contributed by atoms with Crippen LogP contribution in [0.5, 0.6) is 17.2 Å². The Bertz CT molecular complexity index is 1910. The van der Waals surface area contributed by atoms with E-state index in [4.69, 9.17) is 31.7 Å². The van der Waals surface area contributed by atoms with E-state index in [-0.39, 0.29) is 17.4 Å². The molecule has 0 aliphatic rings. The summed E-state index contributed by atoms with van der Waals surface area (Å²) < 4.78 is 52.5. The Labute approximate surface area is 273 Å².